The van der Waals surface area contributed by atoms with E-state index in [0.29, 0.717) is 0 Å². The molecule has 0 spiro atoms. The van der Waals surface area contributed by atoms with Crippen molar-refractivity contribution in [3.63, 3.8) is 0 Å². The van der Waals surface area contributed by atoms with Crippen molar-refractivity contribution < 1.29 is 0 Å². The third-order valence-electron chi connectivity index (χ3n) is 10.6. The van der Waals surface area contributed by atoms with E-state index in [4.69, 9.17) is 19.9 Å². The van der Waals surface area contributed by atoms with Crippen LogP contribution in [0.5, 0.6) is 0 Å². The van der Waals surface area contributed by atoms with Crippen LogP contribution >= 0.6 is 0 Å². The SMILES string of the molecule is C1=Cc2c(NCc3ccc(CNc4ccc5c6c(cccc46)-c4nc6ccccc6nc4-5)cc3)ccc3c2C(C1)c1nc2ccccc2nc1-3. The largest absolute Gasteiger partial charge is 0.380 e. The summed E-state index contributed by atoms with van der Waals surface area (Å²) in [5.74, 6) is 0.257. The van der Waals surface area contributed by atoms with E-state index in [1.54, 1.807) is 0 Å². The van der Waals surface area contributed by atoms with Gasteiger partial charge in [-0.15, -0.1) is 0 Å². The van der Waals surface area contributed by atoms with E-state index in [0.717, 1.165) is 86.9 Å². The first-order valence-corrected chi connectivity index (χ1v) is 17.3. The molecule has 236 valence electrons. The highest BCUT2D eigenvalue weighted by Gasteiger charge is 2.35. The number of hydrogen-bond donors (Lipinski definition) is 2. The van der Waals surface area contributed by atoms with E-state index in [1.165, 1.54) is 38.6 Å². The van der Waals surface area contributed by atoms with Gasteiger partial charge in [-0.25, -0.2) is 19.9 Å². The fraction of sp³-hybridized carbons (Fsp3) is 0.0909. The lowest BCUT2D eigenvalue weighted by Gasteiger charge is -2.21. The summed E-state index contributed by atoms with van der Waals surface area (Å²) in [6.45, 7) is 1.48. The van der Waals surface area contributed by atoms with Gasteiger partial charge in [-0.1, -0.05) is 91.0 Å². The smallest absolute Gasteiger partial charge is 0.0979 e. The molecule has 0 aliphatic heterocycles. The third-order valence-corrected chi connectivity index (χ3v) is 10.6. The van der Waals surface area contributed by atoms with Gasteiger partial charge in [-0.2, -0.15) is 0 Å². The molecule has 0 bridgehead atoms. The van der Waals surface area contributed by atoms with Crippen molar-refractivity contribution in [1.29, 1.82) is 0 Å². The Morgan fingerprint density at radius 2 is 1.10 bits per heavy atom. The summed E-state index contributed by atoms with van der Waals surface area (Å²) < 4.78 is 0. The first-order valence-electron chi connectivity index (χ1n) is 17.3. The van der Waals surface area contributed by atoms with Crippen LogP contribution < -0.4 is 10.6 Å². The second-order valence-electron chi connectivity index (χ2n) is 13.4. The molecule has 6 nitrogen and oxygen atoms in total. The van der Waals surface area contributed by atoms with Crippen molar-refractivity contribution in [3.8, 4) is 33.8 Å². The number of aromatic nitrogens is 4. The Morgan fingerprint density at radius 1 is 0.520 bits per heavy atom. The van der Waals surface area contributed by atoms with Gasteiger partial charge in [-0.05, 0) is 59.5 Å². The first kappa shape index (κ1) is 27.5. The topological polar surface area (TPSA) is 75.6 Å². The molecule has 1 unspecified atom stereocenters. The summed E-state index contributed by atoms with van der Waals surface area (Å²) in [6.07, 6.45) is 5.51. The molecule has 0 amide bonds. The summed E-state index contributed by atoms with van der Waals surface area (Å²) >= 11 is 0. The maximum absolute atomic E-state index is 5.08. The monoisotopic (exact) mass is 642 g/mol. The number of allylic oxidation sites excluding steroid dienone is 1. The molecule has 0 radical (unpaired) electrons. The van der Waals surface area contributed by atoms with Crippen LogP contribution in [0.4, 0.5) is 11.4 Å². The van der Waals surface area contributed by atoms with Crippen molar-refractivity contribution in [2.75, 3.05) is 10.6 Å². The molecule has 8 aromatic rings. The molecule has 3 aliphatic carbocycles. The minimum Gasteiger partial charge on any atom is -0.380 e. The van der Waals surface area contributed by atoms with Gasteiger partial charge >= 0.3 is 0 Å². The van der Waals surface area contributed by atoms with E-state index in [2.05, 4.69) is 102 Å². The summed E-state index contributed by atoms with van der Waals surface area (Å²) in [7, 11) is 0. The Hall–Kier alpha value is -6.40. The molecule has 0 saturated carbocycles. The number of para-hydroxylation sites is 4. The number of nitrogens with zero attached hydrogens (tertiary/aromatic N) is 4. The van der Waals surface area contributed by atoms with E-state index < -0.39 is 0 Å². The van der Waals surface area contributed by atoms with Crippen molar-refractivity contribution in [3.05, 3.63) is 149 Å². The predicted octanol–water partition coefficient (Wildman–Crippen LogP) is 10.1. The highest BCUT2D eigenvalue weighted by atomic mass is 14.9. The van der Waals surface area contributed by atoms with E-state index in [1.807, 2.05) is 36.4 Å². The number of benzene rings is 6. The molecule has 6 heteroatoms. The Morgan fingerprint density at radius 3 is 1.80 bits per heavy atom. The van der Waals surface area contributed by atoms with Crippen molar-refractivity contribution in [1.82, 2.24) is 19.9 Å². The van der Waals surface area contributed by atoms with Crippen LogP contribution in [-0.4, -0.2) is 19.9 Å². The molecule has 6 aromatic carbocycles. The van der Waals surface area contributed by atoms with Crippen molar-refractivity contribution in [2.45, 2.75) is 25.4 Å². The van der Waals surface area contributed by atoms with Crippen LogP contribution in [0.25, 0.3) is 72.7 Å². The number of nitrogens with one attached hydrogen (secondary N) is 2. The molecular weight excluding hydrogens is 613 g/mol. The average molecular weight is 643 g/mol. The van der Waals surface area contributed by atoms with Crippen molar-refractivity contribution >= 4 is 50.3 Å². The lowest BCUT2D eigenvalue weighted by Crippen LogP contribution is -2.07. The quantitative estimate of drug-likeness (QED) is 0.188. The van der Waals surface area contributed by atoms with Crippen LogP contribution in [0.1, 0.15) is 40.3 Å². The Balaban J connectivity index is 0.817. The Labute approximate surface area is 288 Å². The highest BCUT2D eigenvalue weighted by Crippen LogP contribution is 2.51. The lowest BCUT2D eigenvalue weighted by molar-refractivity contribution is 0.813. The number of rotatable bonds is 6. The van der Waals surface area contributed by atoms with Gasteiger partial charge in [-0.3, -0.25) is 0 Å². The minimum absolute atomic E-state index is 0.257. The van der Waals surface area contributed by atoms with Gasteiger partial charge in [0.15, 0.2) is 0 Å². The Bertz CT molecular complexity index is 2700. The summed E-state index contributed by atoms with van der Waals surface area (Å²) in [5, 5.41) is 9.87. The van der Waals surface area contributed by atoms with Crippen LogP contribution in [0.3, 0.4) is 0 Å². The zero-order valence-electron chi connectivity index (χ0n) is 27.1. The van der Waals surface area contributed by atoms with Crippen LogP contribution in [0.2, 0.25) is 0 Å². The predicted molar refractivity (Wildman–Crippen MR) is 203 cm³/mol. The van der Waals surface area contributed by atoms with Crippen LogP contribution in [-0.2, 0) is 13.1 Å². The van der Waals surface area contributed by atoms with Gasteiger partial charge in [0.25, 0.3) is 0 Å². The molecule has 50 heavy (non-hydrogen) atoms. The van der Waals surface area contributed by atoms with Gasteiger partial charge in [0.1, 0.15) is 0 Å². The molecule has 1 atom stereocenters. The molecule has 2 aromatic heterocycles. The zero-order valence-corrected chi connectivity index (χ0v) is 27.1. The molecule has 2 heterocycles. The fourth-order valence-corrected chi connectivity index (χ4v) is 8.20. The van der Waals surface area contributed by atoms with Gasteiger partial charge in [0.2, 0.25) is 0 Å². The normalized spacial score (nSPS) is 14.6. The summed E-state index contributed by atoms with van der Waals surface area (Å²) in [4.78, 5) is 20.2. The van der Waals surface area contributed by atoms with E-state index in [-0.39, 0.29) is 5.92 Å². The molecule has 0 saturated heterocycles. The number of fused-ring (bicyclic) bond motifs is 8. The minimum atomic E-state index is 0.257. The van der Waals surface area contributed by atoms with Gasteiger partial charge in [0.05, 0.1) is 44.8 Å². The summed E-state index contributed by atoms with van der Waals surface area (Å²) in [5.41, 5.74) is 18.7. The zero-order chi connectivity index (χ0) is 32.8. The maximum Gasteiger partial charge on any atom is 0.0979 e. The molecule has 2 N–H and O–H groups in total. The summed E-state index contributed by atoms with van der Waals surface area (Å²) in [6, 6.07) is 40.5. The second kappa shape index (κ2) is 10.5. The second-order valence-corrected chi connectivity index (χ2v) is 13.4. The van der Waals surface area contributed by atoms with Crippen LogP contribution in [0.15, 0.2) is 121 Å². The molecule has 0 fully saturated rings. The standard InChI is InChI=1S/C44H30N6/c1-3-13-37-35(11-1)47-41-29-9-5-7-27-33(21-19-31(39(27)29)43(41)49-37)45-23-25-15-17-26(18-16-25)24-46-34-22-20-32-40-28(34)8-6-10-30(40)42-44(32)50-38-14-4-2-12-36(38)48-42/h1-9,11-22,30,45-46H,10,23-24H2. The number of anilines is 2. The molecule has 11 rings (SSSR count). The lowest BCUT2D eigenvalue weighted by atomic mass is 9.86. The van der Waals surface area contributed by atoms with Crippen molar-refractivity contribution in [2.24, 2.45) is 0 Å². The maximum atomic E-state index is 5.08. The molecular formula is C44H30N6. The average Bonchev–Trinajstić information content (AvgIpc) is 3.66. The van der Waals surface area contributed by atoms with Crippen LogP contribution in [0, 0.1) is 0 Å². The van der Waals surface area contributed by atoms with E-state index >= 15 is 0 Å². The van der Waals surface area contributed by atoms with E-state index in [9.17, 15) is 0 Å². The first-order chi connectivity index (χ1) is 24.8. The van der Waals surface area contributed by atoms with Gasteiger partial charge in [0, 0.05) is 63.4 Å². The van der Waals surface area contributed by atoms with Gasteiger partial charge < -0.3 is 10.6 Å². The highest BCUT2D eigenvalue weighted by molar-refractivity contribution is 6.17. The number of hydrogen-bond acceptors (Lipinski definition) is 6. The third kappa shape index (κ3) is 4.08. The Kier molecular flexibility index (Phi) is 5.81. The fourth-order valence-electron chi connectivity index (χ4n) is 8.20. The molecule has 3 aliphatic rings.